The van der Waals surface area contributed by atoms with Crippen LogP contribution in [0.3, 0.4) is 0 Å². The second-order valence-electron chi connectivity index (χ2n) is 6.14. The van der Waals surface area contributed by atoms with E-state index in [0.29, 0.717) is 43.2 Å². The Labute approximate surface area is 148 Å². The standard InChI is InChI=1S/C18H26ClN3O2/c19-16-7-5-6-15(14-16)18(24)22-12-10-21(11-13-22)17(23)8-3-1-2-4-9-20/h5-7,14H,1-4,8-13,20H2. The first-order valence-corrected chi connectivity index (χ1v) is 9.02. The lowest BCUT2D eigenvalue weighted by molar-refractivity contribution is -0.132. The number of carbonyl (C=O) groups is 2. The molecule has 2 rings (SSSR count). The summed E-state index contributed by atoms with van der Waals surface area (Å²) in [6, 6.07) is 6.98. The van der Waals surface area contributed by atoms with Crippen molar-refractivity contribution >= 4 is 23.4 Å². The first-order chi connectivity index (χ1) is 11.6. The summed E-state index contributed by atoms with van der Waals surface area (Å²) in [6.07, 6.45) is 4.67. The van der Waals surface area contributed by atoms with Gasteiger partial charge in [-0.3, -0.25) is 9.59 Å². The Hall–Kier alpha value is -1.59. The summed E-state index contributed by atoms with van der Waals surface area (Å²) < 4.78 is 0. The molecule has 1 aliphatic rings. The third-order valence-electron chi connectivity index (χ3n) is 4.34. The van der Waals surface area contributed by atoms with Crippen LogP contribution in [-0.2, 0) is 4.79 Å². The highest BCUT2D eigenvalue weighted by Gasteiger charge is 2.24. The van der Waals surface area contributed by atoms with Crippen molar-refractivity contribution in [1.82, 2.24) is 9.80 Å². The van der Waals surface area contributed by atoms with Gasteiger partial charge in [-0.25, -0.2) is 0 Å². The maximum absolute atomic E-state index is 12.5. The Morgan fingerprint density at radius 1 is 1.00 bits per heavy atom. The second-order valence-corrected chi connectivity index (χ2v) is 6.57. The van der Waals surface area contributed by atoms with Crippen LogP contribution in [0.4, 0.5) is 0 Å². The highest BCUT2D eigenvalue weighted by molar-refractivity contribution is 6.30. The normalized spacial score (nSPS) is 14.8. The molecule has 0 aromatic heterocycles. The summed E-state index contributed by atoms with van der Waals surface area (Å²) in [4.78, 5) is 28.3. The van der Waals surface area contributed by atoms with Gasteiger partial charge >= 0.3 is 0 Å². The molecule has 0 saturated carbocycles. The molecule has 132 valence electrons. The average Bonchev–Trinajstić information content (AvgIpc) is 2.61. The molecule has 0 atom stereocenters. The molecule has 1 aromatic rings. The van der Waals surface area contributed by atoms with Gasteiger partial charge in [-0.2, -0.15) is 0 Å². The minimum atomic E-state index is -0.0219. The number of nitrogens with zero attached hydrogens (tertiary/aromatic N) is 2. The summed E-state index contributed by atoms with van der Waals surface area (Å²) in [5.41, 5.74) is 6.06. The smallest absolute Gasteiger partial charge is 0.254 e. The van der Waals surface area contributed by atoms with Gasteiger partial charge in [-0.05, 0) is 37.6 Å². The van der Waals surface area contributed by atoms with Crippen molar-refractivity contribution in [2.75, 3.05) is 32.7 Å². The number of amides is 2. The highest BCUT2D eigenvalue weighted by atomic mass is 35.5. The summed E-state index contributed by atoms with van der Waals surface area (Å²) in [5, 5.41) is 0.560. The predicted molar refractivity (Wildman–Crippen MR) is 96.1 cm³/mol. The zero-order valence-corrected chi connectivity index (χ0v) is 14.8. The van der Waals surface area contributed by atoms with Gasteiger partial charge in [0.05, 0.1) is 0 Å². The van der Waals surface area contributed by atoms with E-state index in [1.54, 1.807) is 29.2 Å². The van der Waals surface area contributed by atoms with E-state index in [1.165, 1.54) is 0 Å². The van der Waals surface area contributed by atoms with E-state index in [0.717, 1.165) is 32.2 Å². The number of carbonyl (C=O) groups excluding carboxylic acids is 2. The molecule has 1 aromatic carbocycles. The van der Waals surface area contributed by atoms with E-state index in [2.05, 4.69) is 0 Å². The summed E-state index contributed by atoms with van der Waals surface area (Å²) in [6.45, 7) is 3.08. The van der Waals surface area contributed by atoms with Crippen molar-refractivity contribution in [2.24, 2.45) is 5.73 Å². The van der Waals surface area contributed by atoms with Crippen molar-refractivity contribution in [3.05, 3.63) is 34.9 Å². The van der Waals surface area contributed by atoms with Crippen molar-refractivity contribution < 1.29 is 9.59 Å². The lowest BCUT2D eigenvalue weighted by Gasteiger charge is -2.35. The Kier molecular flexibility index (Phi) is 7.53. The zero-order chi connectivity index (χ0) is 17.4. The third kappa shape index (κ3) is 5.49. The lowest BCUT2D eigenvalue weighted by atomic mass is 10.1. The monoisotopic (exact) mass is 351 g/mol. The zero-order valence-electron chi connectivity index (χ0n) is 14.0. The largest absolute Gasteiger partial charge is 0.339 e. The highest BCUT2D eigenvalue weighted by Crippen LogP contribution is 2.15. The van der Waals surface area contributed by atoms with Crippen LogP contribution in [0.25, 0.3) is 0 Å². The van der Waals surface area contributed by atoms with Gasteiger partial charge in [0, 0.05) is 43.2 Å². The average molecular weight is 352 g/mol. The number of halogens is 1. The molecule has 0 unspecified atom stereocenters. The van der Waals surface area contributed by atoms with Crippen LogP contribution in [0.5, 0.6) is 0 Å². The van der Waals surface area contributed by atoms with E-state index < -0.39 is 0 Å². The van der Waals surface area contributed by atoms with E-state index in [9.17, 15) is 9.59 Å². The fourth-order valence-corrected chi connectivity index (χ4v) is 3.09. The number of nitrogens with two attached hydrogens (primary N) is 1. The fourth-order valence-electron chi connectivity index (χ4n) is 2.90. The molecule has 1 saturated heterocycles. The number of piperazine rings is 1. The Morgan fingerprint density at radius 3 is 2.33 bits per heavy atom. The fraction of sp³-hybridized carbons (Fsp3) is 0.556. The van der Waals surface area contributed by atoms with Crippen molar-refractivity contribution in [3.63, 3.8) is 0 Å². The molecule has 2 N–H and O–H groups in total. The van der Waals surface area contributed by atoms with E-state index in [-0.39, 0.29) is 11.8 Å². The third-order valence-corrected chi connectivity index (χ3v) is 4.57. The molecule has 0 spiro atoms. The summed E-state index contributed by atoms with van der Waals surface area (Å²) >= 11 is 5.94. The number of hydrogen-bond donors (Lipinski definition) is 1. The molecule has 0 bridgehead atoms. The Balaban J connectivity index is 1.74. The van der Waals surface area contributed by atoms with Crippen LogP contribution in [0.1, 0.15) is 42.5 Å². The number of rotatable bonds is 7. The second kappa shape index (κ2) is 9.64. The predicted octanol–water partition coefficient (Wildman–Crippen LogP) is 2.53. The number of hydrogen-bond acceptors (Lipinski definition) is 3. The number of unbranched alkanes of at least 4 members (excludes halogenated alkanes) is 3. The SMILES string of the molecule is NCCCCCCC(=O)N1CCN(C(=O)c2cccc(Cl)c2)CC1. The molecule has 1 fully saturated rings. The maximum atomic E-state index is 12.5. The van der Waals surface area contributed by atoms with Gasteiger partial charge in [-0.15, -0.1) is 0 Å². The van der Waals surface area contributed by atoms with Crippen molar-refractivity contribution in [1.29, 1.82) is 0 Å². The van der Waals surface area contributed by atoms with Crippen LogP contribution in [0.15, 0.2) is 24.3 Å². The van der Waals surface area contributed by atoms with Gasteiger partial charge in [0.2, 0.25) is 5.91 Å². The molecular formula is C18H26ClN3O2. The quantitative estimate of drug-likeness (QED) is 0.767. The molecule has 1 heterocycles. The van der Waals surface area contributed by atoms with Crippen LogP contribution in [0, 0.1) is 0 Å². The molecule has 5 nitrogen and oxygen atoms in total. The number of benzene rings is 1. The van der Waals surface area contributed by atoms with Gasteiger partial charge in [0.1, 0.15) is 0 Å². The molecule has 1 aliphatic heterocycles. The van der Waals surface area contributed by atoms with Crippen LogP contribution < -0.4 is 5.73 Å². The first-order valence-electron chi connectivity index (χ1n) is 8.64. The topological polar surface area (TPSA) is 66.6 Å². The Bertz CT molecular complexity index is 557. The van der Waals surface area contributed by atoms with Gasteiger partial charge in [-0.1, -0.05) is 30.5 Å². The molecule has 0 radical (unpaired) electrons. The first kappa shape index (κ1) is 18.7. The molecule has 6 heteroatoms. The molecule has 0 aliphatic carbocycles. The lowest BCUT2D eigenvalue weighted by Crippen LogP contribution is -2.50. The van der Waals surface area contributed by atoms with Crippen LogP contribution in [-0.4, -0.2) is 54.3 Å². The minimum Gasteiger partial charge on any atom is -0.339 e. The van der Waals surface area contributed by atoms with Crippen molar-refractivity contribution in [3.8, 4) is 0 Å². The summed E-state index contributed by atoms with van der Waals surface area (Å²) in [5.74, 6) is 0.170. The summed E-state index contributed by atoms with van der Waals surface area (Å²) in [7, 11) is 0. The molecular weight excluding hydrogens is 326 g/mol. The van der Waals surface area contributed by atoms with Gasteiger partial charge in [0.25, 0.3) is 5.91 Å². The van der Waals surface area contributed by atoms with Crippen LogP contribution >= 0.6 is 11.6 Å². The molecule has 24 heavy (non-hydrogen) atoms. The Morgan fingerprint density at radius 2 is 1.67 bits per heavy atom. The van der Waals surface area contributed by atoms with E-state index in [4.69, 9.17) is 17.3 Å². The maximum Gasteiger partial charge on any atom is 0.254 e. The van der Waals surface area contributed by atoms with Gasteiger partial charge < -0.3 is 15.5 Å². The van der Waals surface area contributed by atoms with E-state index >= 15 is 0 Å². The van der Waals surface area contributed by atoms with E-state index in [1.807, 2.05) is 4.90 Å². The minimum absolute atomic E-state index is 0.0219. The van der Waals surface area contributed by atoms with Gasteiger partial charge in [0.15, 0.2) is 0 Å². The molecule has 2 amide bonds. The van der Waals surface area contributed by atoms with Crippen LogP contribution in [0.2, 0.25) is 5.02 Å². The van der Waals surface area contributed by atoms with Crippen molar-refractivity contribution in [2.45, 2.75) is 32.1 Å².